The monoisotopic (exact) mass is 346 g/mol. The minimum absolute atomic E-state index is 0.0335. The molecule has 0 saturated carbocycles. The zero-order valence-corrected chi connectivity index (χ0v) is 14.8. The van der Waals surface area contributed by atoms with Crippen LogP contribution < -0.4 is 5.73 Å². The van der Waals surface area contributed by atoms with Crippen LogP contribution in [0.25, 0.3) is 5.69 Å². The summed E-state index contributed by atoms with van der Waals surface area (Å²) in [4.78, 5) is 14.8. The van der Waals surface area contributed by atoms with Gasteiger partial charge in [-0.05, 0) is 50.8 Å². The van der Waals surface area contributed by atoms with Gasteiger partial charge in [-0.25, -0.2) is 4.68 Å². The Morgan fingerprint density at radius 1 is 1.46 bits per heavy atom. The van der Waals surface area contributed by atoms with Gasteiger partial charge in [0.15, 0.2) is 0 Å². The van der Waals surface area contributed by atoms with Gasteiger partial charge in [-0.3, -0.25) is 4.79 Å². The van der Waals surface area contributed by atoms with Crippen molar-refractivity contribution in [3.8, 4) is 5.69 Å². The normalized spacial score (nSPS) is 19.3. The Morgan fingerprint density at radius 3 is 2.96 bits per heavy atom. The van der Waals surface area contributed by atoms with E-state index in [0.29, 0.717) is 16.5 Å². The summed E-state index contributed by atoms with van der Waals surface area (Å²) in [5.74, 6) is 0.400. The molecule has 2 aromatic rings. The van der Waals surface area contributed by atoms with Crippen LogP contribution in [0.15, 0.2) is 30.5 Å². The minimum atomic E-state index is 0.0335. The lowest BCUT2D eigenvalue weighted by molar-refractivity contribution is 0.0660. The summed E-state index contributed by atoms with van der Waals surface area (Å²) in [6.45, 7) is 5.43. The van der Waals surface area contributed by atoms with E-state index in [0.717, 1.165) is 37.3 Å². The molecule has 0 spiro atoms. The molecule has 0 aliphatic carbocycles. The van der Waals surface area contributed by atoms with Crippen molar-refractivity contribution < 1.29 is 4.79 Å². The molecule has 1 aliphatic rings. The third-order valence-electron chi connectivity index (χ3n) is 4.78. The second-order valence-electron chi connectivity index (χ2n) is 6.55. The summed E-state index contributed by atoms with van der Waals surface area (Å²) in [5, 5.41) is 5.03. The zero-order valence-electron chi connectivity index (χ0n) is 14.1. The van der Waals surface area contributed by atoms with E-state index >= 15 is 0 Å². The smallest absolute Gasteiger partial charge is 0.257 e. The Morgan fingerprint density at radius 2 is 2.25 bits per heavy atom. The summed E-state index contributed by atoms with van der Waals surface area (Å²) in [5.41, 5.74) is 8.34. The second kappa shape index (κ2) is 6.95. The Kier molecular flexibility index (Phi) is 4.92. The quantitative estimate of drug-likeness (QED) is 0.929. The number of rotatable bonds is 3. The summed E-state index contributed by atoms with van der Waals surface area (Å²) < 4.78 is 1.76. The Labute approximate surface area is 147 Å². The van der Waals surface area contributed by atoms with E-state index in [1.165, 1.54) is 0 Å². The topological polar surface area (TPSA) is 64.2 Å². The molecule has 1 aromatic heterocycles. The highest BCUT2D eigenvalue weighted by Crippen LogP contribution is 2.23. The molecule has 6 heteroatoms. The number of amides is 1. The van der Waals surface area contributed by atoms with E-state index in [2.05, 4.69) is 5.10 Å². The maximum absolute atomic E-state index is 12.9. The van der Waals surface area contributed by atoms with Crippen LogP contribution in [-0.2, 0) is 0 Å². The molecule has 1 aromatic carbocycles. The average Bonchev–Trinajstić information content (AvgIpc) is 2.96. The largest absolute Gasteiger partial charge is 0.338 e. The van der Waals surface area contributed by atoms with Gasteiger partial charge in [-0.1, -0.05) is 17.7 Å². The molecule has 24 heavy (non-hydrogen) atoms. The summed E-state index contributed by atoms with van der Waals surface area (Å²) in [6.07, 6.45) is 3.73. The van der Waals surface area contributed by atoms with Gasteiger partial charge in [0.2, 0.25) is 0 Å². The molecule has 1 aliphatic heterocycles. The number of halogens is 1. The van der Waals surface area contributed by atoms with Gasteiger partial charge in [0.05, 0.1) is 23.1 Å². The number of benzene rings is 1. The van der Waals surface area contributed by atoms with Gasteiger partial charge in [0.25, 0.3) is 5.91 Å². The first-order chi connectivity index (χ1) is 11.5. The Bertz CT molecular complexity index is 740. The van der Waals surface area contributed by atoms with E-state index in [9.17, 15) is 4.79 Å². The predicted octanol–water partition coefficient (Wildman–Crippen LogP) is 3.03. The molecule has 2 unspecified atom stereocenters. The first-order valence-electron chi connectivity index (χ1n) is 8.33. The molecular weight excluding hydrogens is 324 g/mol. The van der Waals surface area contributed by atoms with Crippen molar-refractivity contribution in [1.82, 2.24) is 14.7 Å². The molecule has 5 nitrogen and oxygen atoms in total. The third-order valence-corrected chi connectivity index (χ3v) is 5.02. The summed E-state index contributed by atoms with van der Waals surface area (Å²) in [6, 6.07) is 7.56. The fraction of sp³-hybridized carbons (Fsp3) is 0.444. The number of hydrogen-bond donors (Lipinski definition) is 1. The van der Waals surface area contributed by atoms with Crippen LogP contribution >= 0.6 is 11.6 Å². The molecule has 2 atom stereocenters. The lowest BCUT2D eigenvalue weighted by Crippen LogP contribution is -2.45. The number of likely N-dealkylation sites (tertiary alicyclic amines) is 1. The van der Waals surface area contributed by atoms with Crippen LogP contribution in [0.3, 0.4) is 0 Å². The lowest BCUT2D eigenvalue weighted by Gasteiger charge is -2.34. The van der Waals surface area contributed by atoms with E-state index in [-0.39, 0.29) is 11.9 Å². The van der Waals surface area contributed by atoms with E-state index < -0.39 is 0 Å². The highest BCUT2D eigenvalue weighted by Gasteiger charge is 2.28. The molecule has 128 valence electrons. The van der Waals surface area contributed by atoms with Gasteiger partial charge < -0.3 is 10.6 Å². The fourth-order valence-electron chi connectivity index (χ4n) is 3.28. The van der Waals surface area contributed by atoms with Crippen molar-refractivity contribution in [2.75, 3.05) is 13.1 Å². The molecule has 1 amide bonds. The summed E-state index contributed by atoms with van der Waals surface area (Å²) >= 11 is 6.06. The minimum Gasteiger partial charge on any atom is -0.338 e. The van der Waals surface area contributed by atoms with Gasteiger partial charge in [-0.15, -0.1) is 0 Å². The molecule has 2 N–H and O–H groups in total. The Hall–Kier alpha value is -1.85. The first kappa shape index (κ1) is 17.0. The second-order valence-corrected chi connectivity index (χ2v) is 6.98. The van der Waals surface area contributed by atoms with Crippen LogP contribution in [0.2, 0.25) is 5.02 Å². The number of carbonyl (C=O) groups is 1. The highest BCUT2D eigenvalue weighted by atomic mass is 35.5. The number of nitrogens with two attached hydrogens (primary N) is 1. The van der Waals surface area contributed by atoms with E-state index in [1.807, 2.05) is 43.0 Å². The zero-order chi connectivity index (χ0) is 17.3. The fourth-order valence-corrected chi connectivity index (χ4v) is 3.47. The first-order valence-corrected chi connectivity index (χ1v) is 8.70. The maximum atomic E-state index is 12.9. The SMILES string of the molecule is Cc1c(C(=O)N2CCCC(C(C)N)C2)cnn1-c1cccc(Cl)c1. The van der Waals surface area contributed by atoms with Crippen molar-refractivity contribution in [1.29, 1.82) is 0 Å². The number of hydrogen-bond acceptors (Lipinski definition) is 3. The maximum Gasteiger partial charge on any atom is 0.257 e. The van der Waals surface area contributed by atoms with Crippen LogP contribution in [0.1, 0.15) is 35.8 Å². The van der Waals surface area contributed by atoms with Crippen molar-refractivity contribution in [2.45, 2.75) is 32.7 Å². The van der Waals surface area contributed by atoms with Crippen LogP contribution in [0.5, 0.6) is 0 Å². The summed E-state index contributed by atoms with van der Waals surface area (Å²) in [7, 11) is 0. The van der Waals surface area contributed by atoms with Gasteiger partial charge in [0, 0.05) is 24.2 Å². The highest BCUT2D eigenvalue weighted by molar-refractivity contribution is 6.30. The Balaban J connectivity index is 1.84. The number of piperidine rings is 1. The molecule has 3 rings (SSSR count). The van der Waals surface area contributed by atoms with Gasteiger partial charge in [0.1, 0.15) is 0 Å². The average molecular weight is 347 g/mol. The standard InChI is InChI=1S/C18H23ClN4O/c1-12(20)14-5-4-8-22(11-14)18(24)17-10-21-23(13(17)2)16-7-3-6-15(19)9-16/h3,6-7,9-10,12,14H,4-5,8,11,20H2,1-2H3. The van der Waals surface area contributed by atoms with Gasteiger partial charge >= 0.3 is 0 Å². The van der Waals surface area contributed by atoms with E-state index in [4.69, 9.17) is 17.3 Å². The van der Waals surface area contributed by atoms with Crippen molar-refractivity contribution in [3.05, 3.63) is 46.7 Å². The number of aromatic nitrogens is 2. The lowest BCUT2D eigenvalue weighted by atomic mass is 9.92. The third kappa shape index (κ3) is 3.32. The molecule has 2 heterocycles. The van der Waals surface area contributed by atoms with E-state index in [1.54, 1.807) is 10.9 Å². The van der Waals surface area contributed by atoms with Crippen LogP contribution in [-0.4, -0.2) is 39.7 Å². The number of carbonyl (C=O) groups excluding carboxylic acids is 1. The van der Waals surface area contributed by atoms with Gasteiger partial charge in [-0.2, -0.15) is 5.10 Å². The molecule has 0 radical (unpaired) electrons. The number of nitrogens with zero attached hydrogens (tertiary/aromatic N) is 3. The van der Waals surface area contributed by atoms with Crippen molar-refractivity contribution in [2.24, 2.45) is 11.7 Å². The van der Waals surface area contributed by atoms with Crippen LogP contribution in [0.4, 0.5) is 0 Å². The molecule has 0 bridgehead atoms. The van der Waals surface area contributed by atoms with Crippen molar-refractivity contribution >= 4 is 17.5 Å². The molecule has 1 saturated heterocycles. The van der Waals surface area contributed by atoms with Crippen molar-refractivity contribution in [3.63, 3.8) is 0 Å². The predicted molar refractivity (Wildman–Crippen MR) is 95.6 cm³/mol. The molecule has 1 fully saturated rings. The molecular formula is C18H23ClN4O. The van der Waals surface area contributed by atoms with Crippen LogP contribution in [0, 0.1) is 12.8 Å².